The van der Waals surface area contributed by atoms with Crippen LogP contribution in [0, 0.1) is 6.92 Å². The minimum atomic E-state index is -0.440. The second-order valence-corrected chi connectivity index (χ2v) is 6.84. The van der Waals surface area contributed by atoms with Crippen molar-refractivity contribution in [2.24, 2.45) is 0 Å². The summed E-state index contributed by atoms with van der Waals surface area (Å²) in [6.07, 6.45) is 0.977. The van der Waals surface area contributed by atoms with E-state index in [9.17, 15) is 9.59 Å². The van der Waals surface area contributed by atoms with E-state index in [-0.39, 0.29) is 18.2 Å². The first kappa shape index (κ1) is 20.8. The van der Waals surface area contributed by atoms with Gasteiger partial charge in [-0.25, -0.2) is 0 Å². The Morgan fingerprint density at radius 2 is 1.85 bits per heavy atom. The number of anilines is 1. The van der Waals surface area contributed by atoms with Gasteiger partial charge in [0, 0.05) is 11.9 Å². The molecule has 1 atom stereocenters. The lowest BCUT2D eigenvalue weighted by atomic mass is 10.0. The molecule has 0 radical (unpaired) electrons. The first-order chi connectivity index (χ1) is 12.9. The average molecular weight is 389 g/mol. The van der Waals surface area contributed by atoms with Crippen LogP contribution in [-0.4, -0.2) is 18.4 Å². The average Bonchev–Trinajstić information content (AvgIpc) is 2.61. The molecule has 0 saturated carbocycles. The third-order valence-electron chi connectivity index (χ3n) is 3.91. The smallest absolute Gasteiger partial charge is 0.226 e. The number of hydrogen-bond donors (Lipinski definition) is 2. The largest absolute Gasteiger partial charge is 0.491 e. The molecule has 0 spiro atoms. The highest BCUT2D eigenvalue weighted by Crippen LogP contribution is 2.27. The molecule has 0 aromatic heterocycles. The lowest BCUT2D eigenvalue weighted by Crippen LogP contribution is -2.29. The predicted molar refractivity (Wildman–Crippen MR) is 108 cm³/mol. The minimum Gasteiger partial charge on any atom is -0.491 e. The first-order valence-electron chi connectivity index (χ1n) is 8.95. The zero-order valence-corrected chi connectivity index (χ0v) is 16.6. The van der Waals surface area contributed by atoms with Crippen molar-refractivity contribution in [1.29, 1.82) is 0 Å². The van der Waals surface area contributed by atoms with Crippen LogP contribution in [0.5, 0.6) is 5.75 Å². The highest BCUT2D eigenvalue weighted by atomic mass is 35.5. The van der Waals surface area contributed by atoms with E-state index in [1.165, 1.54) is 6.92 Å². The number of hydrogen-bond acceptors (Lipinski definition) is 3. The van der Waals surface area contributed by atoms with Crippen molar-refractivity contribution >= 4 is 29.1 Å². The van der Waals surface area contributed by atoms with Gasteiger partial charge in [0.2, 0.25) is 11.8 Å². The maximum Gasteiger partial charge on any atom is 0.226 e. The van der Waals surface area contributed by atoms with Gasteiger partial charge in [0.25, 0.3) is 0 Å². The Morgan fingerprint density at radius 3 is 2.48 bits per heavy atom. The lowest BCUT2D eigenvalue weighted by Gasteiger charge is -2.19. The SMILES string of the molecule is CCCOc1cc(C)ccc1NC(=O)CC(NC(C)=O)c1ccc(Cl)cc1. The van der Waals surface area contributed by atoms with E-state index in [0.717, 1.165) is 17.5 Å². The third kappa shape index (κ3) is 6.61. The van der Waals surface area contributed by atoms with Crippen LogP contribution in [0.25, 0.3) is 0 Å². The number of carbonyl (C=O) groups excluding carboxylic acids is 2. The van der Waals surface area contributed by atoms with Gasteiger partial charge < -0.3 is 15.4 Å². The Morgan fingerprint density at radius 1 is 1.15 bits per heavy atom. The van der Waals surface area contributed by atoms with Crippen LogP contribution >= 0.6 is 11.6 Å². The molecule has 0 aliphatic carbocycles. The van der Waals surface area contributed by atoms with E-state index >= 15 is 0 Å². The quantitative estimate of drug-likeness (QED) is 0.692. The molecule has 1 unspecified atom stereocenters. The number of nitrogens with one attached hydrogen (secondary N) is 2. The summed E-state index contributed by atoms with van der Waals surface area (Å²) < 4.78 is 5.74. The number of aryl methyl sites for hydroxylation is 1. The Kier molecular flexibility index (Phi) is 7.67. The van der Waals surface area contributed by atoms with Crippen molar-refractivity contribution in [3.63, 3.8) is 0 Å². The second-order valence-electron chi connectivity index (χ2n) is 6.41. The molecule has 2 amide bonds. The van der Waals surface area contributed by atoms with Gasteiger partial charge in [0.05, 0.1) is 24.8 Å². The molecule has 0 bridgehead atoms. The predicted octanol–water partition coefficient (Wildman–Crippen LogP) is 4.64. The van der Waals surface area contributed by atoms with Crippen LogP contribution < -0.4 is 15.4 Å². The molecular weight excluding hydrogens is 364 g/mol. The highest BCUT2D eigenvalue weighted by Gasteiger charge is 2.18. The highest BCUT2D eigenvalue weighted by molar-refractivity contribution is 6.30. The summed E-state index contributed by atoms with van der Waals surface area (Å²) in [5, 5.41) is 6.31. The molecule has 5 nitrogen and oxygen atoms in total. The normalized spacial score (nSPS) is 11.6. The maximum absolute atomic E-state index is 12.6. The molecule has 2 aromatic carbocycles. The summed E-state index contributed by atoms with van der Waals surface area (Å²) >= 11 is 5.93. The molecule has 0 heterocycles. The van der Waals surface area contributed by atoms with Gasteiger partial charge >= 0.3 is 0 Å². The lowest BCUT2D eigenvalue weighted by molar-refractivity contribution is -0.120. The van der Waals surface area contributed by atoms with E-state index in [1.54, 1.807) is 24.3 Å². The van der Waals surface area contributed by atoms with E-state index in [2.05, 4.69) is 10.6 Å². The zero-order chi connectivity index (χ0) is 19.8. The van der Waals surface area contributed by atoms with Crippen molar-refractivity contribution in [3.8, 4) is 5.75 Å². The number of amides is 2. The van der Waals surface area contributed by atoms with Gasteiger partial charge in [0.15, 0.2) is 0 Å². The van der Waals surface area contributed by atoms with Crippen LogP contribution in [0.15, 0.2) is 42.5 Å². The van der Waals surface area contributed by atoms with Gasteiger partial charge in [-0.05, 0) is 48.7 Å². The summed E-state index contributed by atoms with van der Waals surface area (Å²) in [5.74, 6) is 0.228. The number of benzene rings is 2. The fourth-order valence-corrected chi connectivity index (χ4v) is 2.77. The Hall–Kier alpha value is -2.53. The van der Waals surface area contributed by atoms with E-state index < -0.39 is 6.04 Å². The summed E-state index contributed by atoms with van der Waals surface area (Å²) in [6, 6.07) is 12.3. The molecular formula is C21H25ClN2O3. The number of halogens is 1. The van der Waals surface area contributed by atoms with Gasteiger partial charge in [-0.3, -0.25) is 9.59 Å². The maximum atomic E-state index is 12.6. The van der Waals surface area contributed by atoms with Crippen LogP contribution in [0.3, 0.4) is 0 Å². The third-order valence-corrected chi connectivity index (χ3v) is 4.16. The van der Waals surface area contributed by atoms with Crippen molar-refractivity contribution in [3.05, 3.63) is 58.6 Å². The van der Waals surface area contributed by atoms with Crippen molar-refractivity contribution in [1.82, 2.24) is 5.32 Å². The monoisotopic (exact) mass is 388 g/mol. The molecule has 144 valence electrons. The molecule has 0 fully saturated rings. The van der Waals surface area contributed by atoms with E-state index in [1.807, 2.05) is 32.0 Å². The molecule has 2 aromatic rings. The van der Waals surface area contributed by atoms with Gasteiger partial charge in [0.1, 0.15) is 5.75 Å². The number of rotatable bonds is 8. The van der Waals surface area contributed by atoms with Crippen LogP contribution in [-0.2, 0) is 9.59 Å². The Balaban J connectivity index is 2.13. The second kappa shape index (κ2) is 9.97. The Labute approximate surface area is 165 Å². The van der Waals surface area contributed by atoms with Crippen LogP contribution in [0.2, 0.25) is 5.02 Å². The topological polar surface area (TPSA) is 67.4 Å². The van der Waals surface area contributed by atoms with Gasteiger partial charge in [-0.2, -0.15) is 0 Å². The fraction of sp³-hybridized carbons (Fsp3) is 0.333. The summed E-state index contributed by atoms with van der Waals surface area (Å²) in [7, 11) is 0. The van der Waals surface area contributed by atoms with Gasteiger partial charge in [-0.15, -0.1) is 0 Å². The Bertz CT molecular complexity index is 791. The van der Waals surface area contributed by atoms with Crippen LogP contribution in [0.1, 0.15) is 43.9 Å². The molecule has 2 N–H and O–H groups in total. The van der Waals surface area contributed by atoms with E-state index in [4.69, 9.17) is 16.3 Å². The summed E-state index contributed by atoms with van der Waals surface area (Å²) in [5.41, 5.74) is 2.49. The molecule has 0 aliphatic heterocycles. The van der Waals surface area contributed by atoms with Crippen molar-refractivity contribution in [2.45, 2.75) is 39.7 Å². The molecule has 0 saturated heterocycles. The summed E-state index contributed by atoms with van der Waals surface area (Å²) in [4.78, 5) is 24.2. The summed E-state index contributed by atoms with van der Waals surface area (Å²) in [6.45, 7) is 6.00. The molecule has 6 heteroatoms. The van der Waals surface area contributed by atoms with Crippen molar-refractivity contribution in [2.75, 3.05) is 11.9 Å². The molecule has 27 heavy (non-hydrogen) atoms. The zero-order valence-electron chi connectivity index (χ0n) is 15.8. The standard InChI is InChI=1S/C21H25ClN2O3/c1-4-11-27-20-12-14(2)5-10-18(20)24-21(26)13-19(23-15(3)25)16-6-8-17(22)9-7-16/h5-10,12,19H,4,11,13H2,1-3H3,(H,23,25)(H,24,26). The van der Waals surface area contributed by atoms with Crippen LogP contribution in [0.4, 0.5) is 5.69 Å². The first-order valence-corrected chi connectivity index (χ1v) is 9.32. The number of carbonyl (C=O) groups is 2. The minimum absolute atomic E-state index is 0.0995. The van der Waals surface area contributed by atoms with E-state index in [0.29, 0.717) is 23.1 Å². The number of ether oxygens (including phenoxy) is 1. The molecule has 2 rings (SSSR count). The fourth-order valence-electron chi connectivity index (χ4n) is 2.64. The molecule has 0 aliphatic rings. The van der Waals surface area contributed by atoms with Gasteiger partial charge in [-0.1, -0.05) is 36.7 Å². The van der Waals surface area contributed by atoms with Crippen molar-refractivity contribution < 1.29 is 14.3 Å².